The maximum absolute atomic E-state index is 12.1. The molecule has 1 amide bonds. The number of likely N-dealkylation sites (N-methyl/N-ethyl adjacent to an activating group) is 1. The van der Waals surface area contributed by atoms with Crippen molar-refractivity contribution >= 4 is 22.4 Å². The van der Waals surface area contributed by atoms with Crippen LogP contribution in [0, 0.1) is 0 Å². The second kappa shape index (κ2) is 5.05. The molecule has 2 aromatic carbocycles. The fourth-order valence-corrected chi connectivity index (χ4v) is 2.10. The first-order valence-electron chi connectivity index (χ1n) is 6.10. The standard InChI is InChI=1S/C16H17NO/c1-4-17(16(18)12(2)3)15-11-7-9-13-8-5-6-10-14(13)15/h5-11H,2,4H2,1,3H3. The van der Waals surface area contributed by atoms with Gasteiger partial charge in [0.25, 0.3) is 5.91 Å². The highest BCUT2D eigenvalue weighted by molar-refractivity contribution is 6.09. The van der Waals surface area contributed by atoms with Crippen molar-refractivity contribution in [1.29, 1.82) is 0 Å². The van der Waals surface area contributed by atoms with Gasteiger partial charge in [0.2, 0.25) is 0 Å². The number of amides is 1. The smallest absolute Gasteiger partial charge is 0.253 e. The Bertz CT molecular complexity index is 596. The predicted molar refractivity (Wildman–Crippen MR) is 76.8 cm³/mol. The van der Waals surface area contributed by atoms with E-state index < -0.39 is 0 Å². The van der Waals surface area contributed by atoms with Gasteiger partial charge in [0.15, 0.2) is 0 Å². The Morgan fingerprint density at radius 3 is 2.50 bits per heavy atom. The van der Waals surface area contributed by atoms with Gasteiger partial charge in [-0.3, -0.25) is 4.79 Å². The zero-order chi connectivity index (χ0) is 13.1. The fraction of sp³-hybridized carbons (Fsp3) is 0.188. The van der Waals surface area contributed by atoms with Crippen LogP contribution >= 0.6 is 0 Å². The van der Waals surface area contributed by atoms with E-state index in [2.05, 4.69) is 18.7 Å². The van der Waals surface area contributed by atoms with Crippen LogP contribution in [0.5, 0.6) is 0 Å². The molecule has 0 saturated heterocycles. The van der Waals surface area contributed by atoms with Crippen LogP contribution in [0.15, 0.2) is 54.6 Å². The highest BCUT2D eigenvalue weighted by atomic mass is 16.2. The Morgan fingerprint density at radius 2 is 1.83 bits per heavy atom. The van der Waals surface area contributed by atoms with Gasteiger partial charge < -0.3 is 4.90 Å². The van der Waals surface area contributed by atoms with Gasteiger partial charge in [-0.25, -0.2) is 0 Å². The van der Waals surface area contributed by atoms with Crippen LogP contribution < -0.4 is 4.90 Å². The van der Waals surface area contributed by atoms with E-state index in [0.29, 0.717) is 12.1 Å². The third-order valence-corrected chi connectivity index (χ3v) is 2.98. The van der Waals surface area contributed by atoms with E-state index in [4.69, 9.17) is 0 Å². The Hall–Kier alpha value is -2.09. The van der Waals surface area contributed by atoms with Crippen molar-refractivity contribution in [2.45, 2.75) is 13.8 Å². The molecule has 0 spiro atoms. The van der Waals surface area contributed by atoms with Crippen LogP contribution in [-0.2, 0) is 4.79 Å². The average Bonchev–Trinajstić information content (AvgIpc) is 2.39. The maximum Gasteiger partial charge on any atom is 0.253 e. The van der Waals surface area contributed by atoms with Crippen LogP contribution in [0.4, 0.5) is 5.69 Å². The van der Waals surface area contributed by atoms with Gasteiger partial charge in [-0.05, 0) is 25.3 Å². The van der Waals surface area contributed by atoms with Crippen molar-refractivity contribution in [1.82, 2.24) is 0 Å². The number of rotatable bonds is 3. The molecular formula is C16H17NO. The molecule has 18 heavy (non-hydrogen) atoms. The van der Waals surface area contributed by atoms with E-state index in [1.807, 2.05) is 37.3 Å². The lowest BCUT2D eigenvalue weighted by Gasteiger charge is -2.22. The van der Waals surface area contributed by atoms with Gasteiger partial charge in [-0.1, -0.05) is 43.0 Å². The van der Waals surface area contributed by atoms with Gasteiger partial charge in [0.1, 0.15) is 0 Å². The van der Waals surface area contributed by atoms with Crippen LogP contribution in [0.1, 0.15) is 13.8 Å². The molecule has 0 N–H and O–H groups in total. The maximum atomic E-state index is 12.1. The average molecular weight is 239 g/mol. The molecule has 0 bridgehead atoms. The SMILES string of the molecule is C=C(C)C(=O)N(CC)c1cccc2ccccc12. The predicted octanol–water partition coefficient (Wildman–Crippen LogP) is 3.77. The first-order valence-corrected chi connectivity index (χ1v) is 6.10. The fourth-order valence-electron chi connectivity index (χ4n) is 2.10. The second-order valence-corrected chi connectivity index (χ2v) is 4.33. The third-order valence-electron chi connectivity index (χ3n) is 2.98. The van der Waals surface area contributed by atoms with E-state index in [1.54, 1.807) is 11.8 Å². The molecule has 0 aliphatic heterocycles. The number of hydrogen-bond acceptors (Lipinski definition) is 1. The van der Waals surface area contributed by atoms with Crippen LogP contribution in [0.2, 0.25) is 0 Å². The molecule has 0 atom stereocenters. The molecule has 0 radical (unpaired) electrons. The summed E-state index contributed by atoms with van der Waals surface area (Å²) in [6.07, 6.45) is 0. The zero-order valence-corrected chi connectivity index (χ0v) is 10.8. The Kier molecular flexibility index (Phi) is 3.47. The topological polar surface area (TPSA) is 20.3 Å². The van der Waals surface area contributed by atoms with Crippen molar-refractivity contribution < 1.29 is 4.79 Å². The highest BCUT2D eigenvalue weighted by Crippen LogP contribution is 2.27. The van der Waals surface area contributed by atoms with Gasteiger partial charge in [-0.15, -0.1) is 0 Å². The number of carbonyl (C=O) groups excluding carboxylic acids is 1. The summed E-state index contributed by atoms with van der Waals surface area (Å²) in [5.74, 6) is -0.0196. The Morgan fingerprint density at radius 1 is 1.17 bits per heavy atom. The quantitative estimate of drug-likeness (QED) is 0.747. The summed E-state index contributed by atoms with van der Waals surface area (Å²) >= 11 is 0. The lowest BCUT2D eigenvalue weighted by atomic mass is 10.1. The van der Waals surface area contributed by atoms with E-state index in [1.165, 1.54) is 0 Å². The Balaban J connectivity index is 2.58. The number of hydrogen-bond donors (Lipinski definition) is 0. The van der Waals surface area contributed by atoms with Gasteiger partial charge in [0, 0.05) is 17.5 Å². The number of carbonyl (C=O) groups is 1. The number of anilines is 1. The molecule has 2 rings (SSSR count). The summed E-state index contributed by atoms with van der Waals surface area (Å²) in [6.45, 7) is 8.10. The normalized spacial score (nSPS) is 10.3. The summed E-state index contributed by atoms with van der Waals surface area (Å²) in [6, 6.07) is 14.1. The highest BCUT2D eigenvalue weighted by Gasteiger charge is 2.16. The van der Waals surface area contributed by atoms with E-state index in [0.717, 1.165) is 16.5 Å². The molecule has 0 aromatic heterocycles. The number of fused-ring (bicyclic) bond motifs is 1. The molecule has 0 unspecified atom stereocenters. The summed E-state index contributed by atoms with van der Waals surface area (Å²) in [5.41, 5.74) is 1.51. The Labute approximate surface area is 108 Å². The van der Waals surface area contributed by atoms with Crippen molar-refractivity contribution in [3.8, 4) is 0 Å². The minimum Gasteiger partial charge on any atom is -0.308 e. The largest absolute Gasteiger partial charge is 0.308 e. The van der Waals surface area contributed by atoms with Crippen LogP contribution in [0.25, 0.3) is 10.8 Å². The molecule has 2 nitrogen and oxygen atoms in total. The number of nitrogens with zero attached hydrogens (tertiary/aromatic N) is 1. The monoisotopic (exact) mass is 239 g/mol. The molecule has 0 aliphatic rings. The summed E-state index contributed by atoms with van der Waals surface area (Å²) < 4.78 is 0. The van der Waals surface area contributed by atoms with Crippen molar-refractivity contribution in [3.05, 3.63) is 54.6 Å². The van der Waals surface area contributed by atoms with Gasteiger partial charge in [-0.2, -0.15) is 0 Å². The summed E-state index contributed by atoms with van der Waals surface area (Å²) in [5, 5.41) is 2.24. The first kappa shape index (κ1) is 12.4. The summed E-state index contributed by atoms with van der Waals surface area (Å²) in [4.78, 5) is 13.9. The first-order chi connectivity index (χ1) is 8.65. The summed E-state index contributed by atoms with van der Waals surface area (Å²) in [7, 11) is 0. The van der Waals surface area contributed by atoms with Gasteiger partial charge >= 0.3 is 0 Å². The molecule has 0 fully saturated rings. The second-order valence-electron chi connectivity index (χ2n) is 4.33. The molecule has 0 aliphatic carbocycles. The third kappa shape index (κ3) is 2.14. The van der Waals surface area contributed by atoms with E-state index >= 15 is 0 Å². The minimum atomic E-state index is -0.0196. The minimum absolute atomic E-state index is 0.0196. The molecule has 2 aromatic rings. The van der Waals surface area contributed by atoms with Crippen molar-refractivity contribution in [2.24, 2.45) is 0 Å². The lowest BCUT2D eigenvalue weighted by Crippen LogP contribution is -2.31. The number of benzene rings is 2. The zero-order valence-electron chi connectivity index (χ0n) is 10.8. The van der Waals surface area contributed by atoms with E-state index in [-0.39, 0.29) is 5.91 Å². The molecular weight excluding hydrogens is 222 g/mol. The molecule has 2 heteroatoms. The van der Waals surface area contributed by atoms with Crippen molar-refractivity contribution in [3.63, 3.8) is 0 Å². The molecule has 0 saturated carbocycles. The van der Waals surface area contributed by atoms with Crippen molar-refractivity contribution in [2.75, 3.05) is 11.4 Å². The lowest BCUT2D eigenvalue weighted by molar-refractivity contribution is -0.115. The van der Waals surface area contributed by atoms with Gasteiger partial charge in [0.05, 0.1) is 5.69 Å². The van der Waals surface area contributed by atoms with Crippen LogP contribution in [-0.4, -0.2) is 12.5 Å². The van der Waals surface area contributed by atoms with Crippen LogP contribution in [0.3, 0.4) is 0 Å². The van der Waals surface area contributed by atoms with E-state index in [9.17, 15) is 4.79 Å². The molecule has 0 heterocycles. The molecule has 92 valence electrons.